The zero-order valence-electron chi connectivity index (χ0n) is 10.1. The second-order valence-corrected chi connectivity index (χ2v) is 4.61. The average Bonchev–Trinajstić information content (AvgIpc) is 2.66. The largest absolute Gasteiger partial charge is 0.508 e. The fourth-order valence-corrected chi connectivity index (χ4v) is 2.34. The first-order chi connectivity index (χ1) is 9.13. The van der Waals surface area contributed by atoms with Crippen molar-refractivity contribution in [2.45, 2.75) is 6.42 Å². The van der Waals surface area contributed by atoms with E-state index < -0.39 is 0 Å². The number of allylic oxidation sites excluding steroid dienone is 1. The molecule has 0 unspecified atom stereocenters. The van der Waals surface area contributed by atoms with Crippen molar-refractivity contribution in [3.05, 3.63) is 64.7 Å². The van der Waals surface area contributed by atoms with Gasteiger partial charge in [-0.25, -0.2) is 0 Å². The van der Waals surface area contributed by atoms with Crippen molar-refractivity contribution in [1.82, 2.24) is 0 Å². The monoisotopic (exact) mass is 252 g/mol. The van der Waals surface area contributed by atoms with Gasteiger partial charge in [-0.3, -0.25) is 4.79 Å². The molecule has 0 radical (unpaired) electrons. The van der Waals surface area contributed by atoms with Crippen molar-refractivity contribution in [3.8, 4) is 11.5 Å². The number of Topliss-reactive ketones (excluding diaryl/α,β-unsaturated/α-hetero) is 1. The Morgan fingerprint density at radius 1 is 1.00 bits per heavy atom. The van der Waals surface area contributed by atoms with Crippen LogP contribution in [0.1, 0.15) is 21.5 Å². The van der Waals surface area contributed by atoms with Crippen LogP contribution in [-0.4, -0.2) is 16.0 Å². The maximum absolute atomic E-state index is 12.2. The number of phenolic OH excluding ortho intramolecular Hbond substituents is 2. The zero-order valence-corrected chi connectivity index (χ0v) is 10.1. The number of hydrogen-bond acceptors (Lipinski definition) is 3. The number of aromatic hydroxyl groups is 2. The number of benzene rings is 2. The zero-order chi connectivity index (χ0) is 13.4. The lowest BCUT2D eigenvalue weighted by molar-refractivity contribution is 0.104. The van der Waals surface area contributed by atoms with E-state index in [1.165, 1.54) is 6.07 Å². The second kappa shape index (κ2) is 4.28. The predicted molar refractivity (Wildman–Crippen MR) is 72.2 cm³/mol. The molecule has 2 N–H and O–H groups in total. The van der Waals surface area contributed by atoms with Crippen LogP contribution in [0.2, 0.25) is 0 Å². The van der Waals surface area contributed by atoms with Crippen LogP contribution in [0.4, 0.5) is 0 Å². The van der Waals surface area contributed by atoms with Crippen LogP contribution in [0, 0.1) is 0 Å². The van der Waals surface area contributed by atoms with E-state index in [1.54, 1.807) is 36.4 Å². The Morgan fingerprint density at radius 2 is 1.79 bits per heavy atom. The summed E-state index contributed by atoms with van der Waals surface area (Å²) in [7, 11) is 0. The summed E-state index contributed by atoms with van der Waals surface area (Å²) in [4.78, 5) is 12.2. The van der Waals surface area contributed by atoms with Gasteiger partial charge in [-0.2, -0.15) is 0 Å². The minimum absolute atomic E-state index is 0.0154. The van der Waals surface area contributed by atoms with Crippen LogP contribution in [0.15, 0.2) is 48.0 Å². The Bertz CT molecular complexity index is 699. The Hall–Kier alpha value is -2.55. The summed E-state index contributed by atoms with van der Waals surface area (Å²) in [5.41, 5.74) is 2.95. The topological polar surface area (TPSA) is 57.5 Å². The number of phenols is 2. The van der Waals surface area contributed by atoms with E-state index in [9.17, 15) is 15.0 Å². The molecule has 0 amide bonds. The Morgan fingerprint density at radius 3 is 2.58 bits per heavy atom. The van der Waals surface area contributed by atoms with Crippen molar-refractivity contribution in [2.75, 3.05) is 0 Å². The van der Waals surface area contributed by atoms with Crippen LogP contribution in [-0.2, 0) is 6.42 Å². The highest BCUT2D eigenvalue weighted by Crippen LogP contribution is 2.30. The second-order valence-electron chi connectivity index (χ2n) is 4.61. The molecule has 0 spiro atoms. The Labute approximate surface area is 110 Å². The first kappa shape index (κ1) is 11.5. The number of carbonyl (C=O) groups excluding carboxylic acids is 1. The first-order valence-electron chi connectivity index (χ1n) is 6.00. The maximum atomic E-state index is 12.2. The fraction of sp³-hybridized carbons (Fsp3) is 0.0625. The molecule has 2 aromatic carbocycles. The van der Waals surface area contributed by atoms with Gasteiger partial charge in [0, 0.05) is 17.6 Å². The molecule has 19 heavy (non-hydrogen) atoms. The maximum Gasteiger partial charge on any atom is 0.189 e. The van der Waals surface area contributed by atoms with Crippen LogP contribution < -0.4 is 0 Å². The molecule has 94 valence electrons. The first-order valence-corrected chi connectivity index (χ1v) is 6.00. The number of rotatable bonds is 1. The SMILES string of the molecule is O=C1/C(=C/c2cccc(O)c2)Cc2cc(O)ccc21. The van der Waals surface area contributed by atoms with Gasteiger partial charge in [0.2, 0.25) is 0 Å². The summed E-state index contributed by atoms with van der Waals surface area (Å²) in [6.45, 7) is 0. The number of hydrogen-bond donors (Lipinski definition) is 2. The average molecular weight is 252 g/mol. The standard InChI is InChI=1S/C16H12O3/c17-13-3-1-2-10(7-13)6-12-8-11-9-14(18)4-5-15(11)16(12)19/h1-7,9,17-18H,8H2/b12-6+. The minimum atomic E-state index is -0.0154. The normalized spacial score (nSPS) is 15.8. The van der Waals surface area contributed by atoms with Gasteiger partial charge >= 0.3 is 0 Å². The molecule has 0 saturated carbocycles. The summed E-state index contributed by atoms with van der Waals surface area (Å²) in [5.74, 6) is 0.332. The molecule has 3 heteroatoms. The predicted octanol–water partition coefficient (Wildman–Crippen LogP) is 2.92. The van der Waals surface area contributed by atoms with E-state index in [2.05, 4.69) is 0 Å². The Kier molecular flexibility index (Phi) is 2.60. The molecule has 2 aromatic rings. The highest BCUT2D eigenvalue weighted by molar-refractivity contribution is 6.15. The number of ketones is 1. The van der Waals surface area contributed by atoms with Crippen molar-refractivity contribution in [3.63, 3.8) is 0 Å². The summed E-state index contributed by atoms with van der Waals surface area (Å²) in [6, 6.07) is 11.6. The van der Waals surface area contributed by atoms with Crippen LogP contribution >= 0.6 is 0 Å². The van der Waals surface area contributed by atoms with E-state index >= 15 is 0 Å². The highest BCUT2D eigenvalue weighted by Gasteiger charge is 2.24. The van der Waals surface area contributed by atoms with E-state index in [4.69, 9.17) is 0 Å². The molecule has 0 bridgehead atoms. The van der Waals surface area contributed by atoms with Gasteiger partial charge in [0.15, 0.2) is 5.78 Å². The summed E-state index contributed by atoms with van der Waals surface area (Å²) in [5, 5.41) is 18.8. The third kappa shape index (κ3) is 2.10. The lowest BCUT2D eigenvalue weighted by Crippen LogP contribution is -1.94. The summed E-state index contributed by atoms with van der Waals surface area (Å²) in [6.07, 6.45) is 2.29. The van der Waals surface area contributed by atoms with Crippen LogP contribution in [0.25, 0.3) is 6.08 Å². The summed E-state index contributed by atoms with van der Waals surface area (Å²) < 4.78 is 0. The van der Waals surface area contributed by atoms with Gasteiger partial charge < -0.3 is 10.2 Å². The van der Waals surface area contributed by atoms with E-state index in [-0.39, 0.29) is 17.3 Å². The van der Waals surface area contributed by atoms with E-state index in [1.807, 2.05) is 6.07 Å². The van der Waals surface area contributed by atoms with Crippen molar-refractivity contribution in [1.29, 1.82) is 0 Å². The van der Waals surface area contributed by atoms with Gasteiger partial charge in [-0.15, -0.1) is 0 Å². The van der Waals surface area contributed by atoms with E-state index in [0.29, 0.717) is 17.6 Å². The van der Waals surface area contributed by atoms with Gasteiger partial charge in [-0.05, 0) is 47.5 Å². The lowest BCUT2D eigenvalue weighted by Gasteiger charge is -1.97. The molecular weight excluding hydrogens is 240 g/mol. The quantitative estimate of drug-likeness (QED) is 0.767. The Balaban J connectivity index is 1.99. The molecule has 0 aliphatic heterocycles. The lowest BCUT2D eigenvalue weighted by atomic mass is 10.1. The molecule has 0 heterocycles. The molecular formula is C16H12O3. The summed E-state index contributed by atoms with van der Waals surface area (Å²) >= 11 is 0. The highest BCUT2D eigenvalue weighted by atomic mass is 16.3. The third-order valence-corrected chi connectivity index (χ3v) is 3.22. The molecule has 0 saturated heterocycles. The van der Waals surface area contributed by atoms with Gasteiger partial charge in [-0.1, -0.05) is 12.1 Å². The van der Waals surface area contributed by atoms with Crippen LogP contribution in [0.3, 0.4) is 0 Å². The number of fused-ring (bicyclic) bond motifs is 1. The van der Waals surface area contributed by atoms with Gasteiger partial charge in [0.05, 0.1) is 0 Å². The molecule has 1 aliphatic rings. The van der Waals surface area contributed by atoms with Crippen molar-refractivity contribution < 1.29 is 15.0 Å². The molecule has 0 atom stereocenters. The van der Waals surface area contributed by atoms with Gasteiger partial charge in [0.1, 0.15) is 11.5 Å². The molecule has 0 fully saturated rings. The smallest absolute Gasteiger partial charge is 0.189 e. The fourth-order valence-electron chi connectivity index (χ4n) is 2.34. The molecule has 3 nitrogen and oxygen atoms in total. The molecule has 0 aromatic heterocycles. The number of carbonyl (C=O) groups is 1. The van der Waals surface area contributed by atoms with Crippen LogP contribution in [0.5, 0.6) is 11.5 Å². The van der Waals surface area contributed by atoms with Crippen molar-refractivity contribution in [2.24, 2.45) is 0 Å². The third-order valence-electron chi connectivity index (χ3n) is 3.22. The van der Waals surface area contributed by atoms with E-state index in [0.717, 1.165) is 11.1 Å². The molecule has 3 rings (SSSR count). The molecule has 1 aliphatic carbocycles. The van der Waals surface area contributed by atoms with Crippen molar-refractivity contribution >= 4 is 11.9 Å². The minimum Gasteiger partial charge on any atom is -0.508 e. The van der Waals surface area contributed by atoms with Gasteiger partial charge in [0.25, 0.3) is 0 Å².